The summed E-state index contributed by atoms with van der Waals surface area (Å²) < 4.78 is 0. The van der Waals surface area contributed by atoms with Gasteiger partial charge < -0.3 is 5.32 Å². The Bertz CT molecular complexity index is 273. The van der Waals surface area contributed by atoms with Crippen molar-refractivity contribution < 1.29 is 0 Å². The van der Waals surface area contributed by atoms with Crippen LogP contribution in [-0.2, 0) is 0 Å². The van der Waals surface area contributed by atoms with Gasteiger partial charge in [-0.15, -0.1) is 0 Å². The Morgan fingerprint density at radius 1 is 1.64 bits per heavy atom. The number of rotatable bonds is 3. The van der Waals surface area contributed by atoms with Crippen LogP contribution in [0.25, 0.3) is 0 Å². The molecule has 1 fully saturated rings. The first-order valence-corrected chi connectivity index (χ1v) is 6.26. The number of nitrogens with one attached hydrogen (secondary N) is 2. The van der Waals surface area contributed by atoms with E-state index in [4.69, 9.17) is 0 Å². The van der Waals surface area contributed by atoms with Crippen molar-refractivity contribution in [1.29, 1.82) is 0 Å². The van der Waals surface area contributed by atoms with Crippen molar-refractivity contribution in [2.45, 2.75) is 25.9 Å². The standard InChI is InChI=1S/C10H17N3S/c1-7-5-14-6-10(7)12-8(2)9-3-4-11-13-9/h3-4,7-8,10,12H,5-6H2,1-2H3,(H,11,13). The van der Waals surface area contributed by atoms with Crippen molar-refractivity contribution in [3.05, 3.63) is 18.0 Å². The highest BCUT2D eigenvalue weighted by atomic mass is 32.2. The largest absolute Gasteiger partial charge is 0.305 e. The summed E-state index contributed by atoms with van der Waals surface area (Å²) in [6.07, 6.45) is 1.81. The Labute approximate surface area is 89.1 Å². The molecule has 1 aromatic rings. The van der Waals surface area contributed by atoms with E-state index < -0.39 is 0 Å². The van der Waals surface area contributed by atoms with E-state index in [-0.39, 0.29) is 0 Å². The Balaban J connectivity index is 1.91. The SMILES string of the molecule is CC(NC1CSCC1C)c1ccn[nH]1. The molecule has 3 atom stereocenters. The Morgan fingerprint density at radius 3 is 3.07 bits per heavy atom. The first-order valence-electron chi connectivity index (χ1n) is 5.10. The van der Waals surface area contributed by atoms with Crippen LogP contribution in [0.5, 0.6) is 0 Å². The van der Waals surface area contributed by atoms with Crippen molar-refractivity contribution in [2.75, 3.05) is 11.5 Å². The zero-order valence-electron chi connectivity index (χ0n) is 8.66. The lowest BCUT2D eigenvalue weighted by molar-refractivity contribution is 0.406. The summed E-state index contributed by atoms with van der Waals surface area (Å²) in [4.78, 5) is 0. The van der Waals surface area contributed by atoms with Gasteiger partial charge in [0.1, 0.15) is 0 Å². The summed E-state index contributed by atoms with van der Waals surface area (Å²) in [7, 11) is 0. The maximum atomic E-state index is 3.97. The zero-order valence-corrected chi connectivity index (χ0v) is 9.47. The number of thioether (sulfide) groups is 1. The van der Waals surface area contributed by atoms with Crippen LogP contribution in [0.15, 0.2) is 12.3 Å². The van der Waals surface area contributed by atoms with E-state index in [2.05, 4.69) is 29.4 Å². The molecule has 78 valence electrons. The van der Waals surface area contributed by atoms with Gasteiger partial charge in [-0.3, -0.25) is 5.10 Å². The predicted molar refractivity (Wildman–Crippen MR) is 60.4 cm³/mol. The molecule has 2 N–H and O–H groups in total. The lowest BCUT2D eigenvalue weighted by atomic mass is 10.1. The van der Waals surface area contributed by atoms with Crippen LogP contribution in [0.4, 0.5) is 0 Å². The van der Waals surface area contributed by atoms with Gasteiger partial charge in [0.15, 0.2) is 0 Å². The van der Waals surface area contributed by atoms with Crippen molar-refractivity contribution in [3.8, 4) is 0 Å². The van der Waals surface area contributed by atoms with E-state index in [1.165, 1.54) is 17.2 Å². The summed E-state index contributed by atoms with van der Waals surface area (Å²) in [5.74, 6) is 3.30. The normalized spacial score (nSPS) is 29.3. The average molecular weight is 211 g/mol. The van der Waals surface area contributed by atoms with Gasteiger partial charge in [-0.05, 0) is 24.7 Å². The van der Waals surface area contributed by atoms with Crippen molar-refractivity contribution >= 4 is 11.8 Å². The van der Waals surface area contributed by atoms with Gasteiger partial charge in [-0.2, -0.15) is 16.9 Å². The summed E-state index contributed by atoms with van der Waals surface area (Å²) in [5, 5.41) is 10.6. The third kappa shape index (κ3) is 2.12. The quantitative estimate of drug-likeness (QED) is 0.801. The molecule has 3 unspecified atom stereocenters. The van der Waals surface area contributed by atoms with Gasteiger partial charge in [-0.25, -0.2) is 0 Å². The number of H-pyrrole nitrogens is 1. The summed E-state index contributed by atoms with van der Waals surface area (Å²) in [6.45, 7) is 4.50. The van der Waals surface area contributed by atoms with Crippen molar-refractivity contribution in [2.24, 2.45) is 5.92 Å². The molecule has 1 aliphatic heterocycles. The fourth-order valence-corrected chi connectivity index (χ4v) is 3.21. The van der Waals surface area contributed by atoms with Crippen molar-refractivity contribution in [3.63, 3.8) is 0 Å². The highest BCUT2D eigenvalue weighted by Gasteiger charge is 2.25. The molecule has 1 aromatic heterocycles. The van der Waals surface area contributed by atoms with Gasteiger partial charge in [0.2, 0.25) is 0 Å². The second-order valence-corrected chi connectivity index (χ2v) is 5.10. The molecular weight excluding hydrogens is 194 g/mol. The highest BCUT2D eigenvalue weighted by Crippen LogP contribution is 2.25. The second-order valence-electron chi connectivity index (χ2n) is 4.02. The van der Waals surface area contributed by atoms with E-state index in [1.54, 1.807) is 6.20 Å². The van der Waals surface area contributed by atoms with Crippen LogP contribution in [-0.4, -0.2) is 27.7 Å². The molecular formula is C10H17N3S. The molecule has 2 rings (SSSR count). The van der Waals surface area contributed by atoms with E-state index >= 15 is 0 Å². The monoisotopic (exact) mass is 211 g/mol. The minimum atomic E-state index is 0.378. The first-order chi connectivity index (χ1) is 6.77. The second kappa shape index (κ2) is 4.36. The number of hydrogen-bond donors (Lipinski definition) is 2. The summed E-state index contributed by atoms with van der Waals surface area (Å²) in [5.41, 5.74) is 1.18. The van der Waals surface area contributed by atoms with Crippen LogP contribution in [0, 0.1) is 5.92 Å². The molecule has 1 aliphatic rings. The van der Waals surface area contributed by atoms with Crippen LogP contribution in [0.2, 0.25) is 0 Å². The van der Waals surface area contributed by atoms with Crippen LogP contribution in [0.1, 0.15) is 25.6 Å². The first kappa shape index (κ1) is 10.1. The van der Waals surface area contributed by atoms with E-state index in [0.717, 1.165) is 5.92 Å². The average Bonchev–Trinajstić information content (AvgIpc) is 2.77. The molecule has 3 nitrogen and oxygen atoms in total. The number of hydrogen-bond acceptors (Lipinski definition) is 3. The molecule has 4 heteroatoms. The lowest BCUT2D eigenvalue weighted by Crippen LogP contribution is -2.36. The topological polar surface area (TPSA) is 40.7 Å². The van der Waals surface area contributed by atoms with Crippen LogP contribution in [0.3, 0.4) is 0 Å². The molecule has 0 bridgehead atoms. The van der Waals surface area contributed by atoms with Gasteiger partial charge in [-0.1, -0.05) is 6.92 Å². The summed E-state index contributed by atoms with van der Waals surface area (Å²) in [6, 6.07) is 3.06. The molecule has 14 heavy (non-hydrogen) atoms. The molecule has 0 saturated carbocycles. The predicted octanol–water partition coefficient (Wildman–Crippen LogP) is 1.81. The van der Waals surface area contributed by atoms with Gasteiger partial charge in [0, 0.05) is 24.0 Å². The molecule has 0 aliphatic carbocycles. The smallest absolute Gasteiger partial charge is 0.0518 e. The molecule has 0 amide bonds. The number of aromatic nitrogens is 2. The fourth-order valence-electron chi connectivity index (χ4n) is 1.79. The third-order valence-electron chi connectivity index (χ3n) is 2.82. The van der Waals surface area contributed by atoms with Crippen LogP contribution >= 0.6 is 11.8 Å². The molecule has 0 spiro atoms. The Kier molecular flexibility index (Phi) is 3.13. The van der Waals surface area contributed by atoms with E-state index in [1.807, 2.05) is 17.8 Å². The maximum absolute atomic E-state index is 3.97. The summed E-state index contributed by atoms with van der Waals surface area (Å²) >= 11 is 2.04. The highest BCUT2D eigenvalue weighted by molar-refractivity contribution is 7.99. The molecule has 1 saturated heterocycles. The Morgan fingerprint density at radius 2 is 2.50 bits per heavy atom. The van der Waals surface area contributed by atoms with Gasteiger partial charge in [0.25, 0.3) is 0 Å². The molecule has 2 heterocycles. The maximum Gasteiger partial charge on any atom is 0.0518 e. The van der Waals surface area contributed by atoms with Crippen LogP contribution < -0.4 is 5.32 Å². The van der Waals surface area contributed by atoms with E-state index in [0.29, 0.717) is 12.1 Å². The lowest BCUT2D eigenvalue weighted by Gasteiger charge is -2.21. The minimum Gasteiger partial charge on any atom is -0.305 e. The Hall–Kier alpha value is -0.480. The minimum absolute atomic E-state index is 0.378. The van der Waals surface area contributed by atoms with E-state index in [9.17, 15) is 0 Å². The van der Waals surface area contributed by atoms with Gasteiger partial charge >= 0.3 is 0 Å². The molecule has 0 radical (unpaired) electrons. The zero-order chi connectivity index (χ0) is 9.97. The van der Waals surface area contributed by atoms with Gasteiger partial charge in [0.05, 0.1) is 5.69 Å². The van der Waals surface area contributed by atoms with Crippen molar-refractivity contribution in [1.82, 2.24) is 15.5 Å². The fraction of sp³-hybridized carbons (Fsp3) is 0.700. The third-order valence-corrected chi connectivity index (χ3v) is 4.17. The number of aromatic amines is 1. The molecule has 0 aromatic carbocycles. The number of nitrogens with zero attached hydrogens (tertiary/aromatic N) is 1.